The number of hydrogen-bond acceptors (Lipinski definition) is 6. The zero-order valence-corrected chi connectivity index (χ0v) is 20.0. The van der Waals surface area contributed by atoms with E-state index in [4.69, 9.17) is 4.98 Å². The summed E-state index contributed by atoms with van der Waals surface area (Å²) in [6, 6.07) is 6.57. The van der Waals surface area contributed by atoms with Gasteiger partial charge in [-0.05, 0) is 47.0 Å². The number of pyridine rings is 3. The van der Waals surface area contributed by atoms with E-state index in [-0.39, 0.29) is 0 Å². The first-order valence-corrected chi connectivity index (χ1v) is 12.3. The van der Waals surface area contributed by atoms with Crippen LogP contribution in [0.1, 0.15) is 32.1 Å². The fourth-order valence-corrected chi connectivity index (χ4v) is 5.16. The molecule has 1 saturated heterocycles. The number of carbonyl (C=O) groups is 1. The van der Waals surface area contributed by atoms with E-state index < -0.39 is 6.09 Å². The van der Waals surface area contributed by atoms with Crippen molar-refractivity contribution in [2.45, 2.75) is 38.1 Å². The summed E-state index contributed by atoms with van der Waals surface area (Å²) < 4.78 is 0.883. The first-order valence-electron chi connectivity index (χ1n) is 11.5. The van der Waals surface area contributed by atoms with E-state index in [2.05, 4.69) is 48.2 Å². The Morgan fingerprint density at radius 2 is 1.88 bits per heavy atom. The number of anilines is 2. The van der Waals surface area contributed by atoms with Gasteiger partial charge in [-0.15, -0.1) is 0 Å². The van der Waals surface area contributed by atoms with E-state index in [0.717, 1.165) is 38.1 Å². The van der Waals surface area contributed by atoms with Crippen molar-refractivity contribution in [2.75, 3.05) is 36.4 Å². The molecule has 0 aromatic carbocycles. The Bertz CT molecular complexity index is 1160. The minimum atomic E-state index is -0.871. The van der Waals surface area contributed by atoms with Crippen LogP contribution in [0.5, 0.6) is 0 Å². The van der Waals surface area contributed by atoms with Gasteiger partial charge in [-0.3, -0.25) is 4.98 Å². The van der Waals surface area contributed by atoms with Gasteiger partial charge in [-0.2, -0.15) is 0 Å². The van der Waals surface area contributed by atoms with Gasteiger partial charge in [0.15, 0.2) is 0 Å². The molecule has 0 atom stereocenters. The summed E-state index contributed by atoms with van der Waals surface area (Å²) in [7, 11) is 0. The van der Waals surface area contributed by atoms with Gasteiger partial charge >= 0.3 is 6.09 Å². The lowest BCUT2D eigenvalue weighted by Gasteiger charge is -2.34. The summed E-state index contributed by atoms with van der Waals surface area (Å²) in [6.45, 7) is 2.13. The van der Waals surface area contributed by atoms with E-state index in [1.807, 2.05) is 18.5 Å². The highest BCUT2D eigenvalue weighted by Gasteiger charge is 2.23. The summed E-state index contributed by atoms with van der Waals surface area (Å²) in [5.74, 6) is 1.73. The van der Waals surface area contributed by atoms with Gasteiger partial charge < -0.3 is 20.2 Å². The van der Waals surface area contributed by atoms with Crippen molar-refractivity contribution < 1.29 is 9.90 Å². The predicted molar refractivity (Wildman–Crippen MR) is 133 cm³/mol. The number of rotatable bonds is 4. The van der Waals surface area contributed by atoms with Gasteiger partial charge in [0, 0.05) is 71.6 Å². The largest absolute Gasteiger partial charge is 0.465 e. The normalized spacial score (nSPS) is 17.4. The molecule has 2 N–H and O–H groups in total. The van der Waals surface area contributed by atoms with E-state index in [9.17, 15) is 9.90 Å². The average Bonchev–Trinajstić information content (AvgIpc) is 2.85. The maximum atomic E-state index is 11.3. The number of aromatic nitrogens is 3. The molecule has 2 aliphatic rings. The Morgan fingerprint density at radius 1 is 1.09 bits per heavy atom. The maximum Gasteiger partial charge on any atom is 0.407 e. The van der Waals surface area contributed by atoms with E-state index in [0.29, 0.717) is 32.2 Å². The molecule has 1 amide bonds. The molecule has 1 aliphatic carbocycles. The lowest BCUT2D eigenvalue weighted by molar-refractivity contribution is 0.142. The Hall–Kier alpha value is -2.94. The van der Waals surface area contributed by atoms with Crippen LogP contribution in [0.15, 0.2) is 41.3 Å². The Balaban J connectivity index is 1.50. The topological polar surface area (TPSA) is 94.5 Å². The van der Waals surface area contributed by atoms with Crippen molar-refractivity contribution in [2.24, 2.45) is 0 Å². The summed E-state index contributed by atoms with van der Waals surface area (Å²) in [6.07, 6.45) is 10.8. The van der Waals surface area contributed by atoms with Crippen LogP contribution in [0.4, 0.5) is 16.4 Å². The zero-order chi connectivity index (χ0) is 22.8. The number of amides is 1. The summed E-state index contributed by atoms with van der Waals surface area (Å²) in [5.41, 5.74) is 1.81. The molecule has 0 bridgehead atoms. The molecule has 0 unspecified atom stereocenters. The van der Waals surface area contributed by atoms with E-state index in [1.54, 1.807) is 6.20 Å². The third kappa shape index (κ3) is 4.73. The smallest absolute Gasteiger partial charge is 0.407 e. The molecule has 0 spiro atoms. The van der Waals surface area contributed by atoms with Crippen LogP contribution in [0.25, 0.3) is 22.0 Å². The van der Waals surface area contributed by atoms with Gasteiger partial charge in [0.1, 0.15) is 11.6 Å². The van der Waals surface area contributed by atoms with Crippen LogP contribution in [-0.2, 0) is 0 Å². The second kappa shape index (κ2) is 9.51. The Kier molecular flexibility index (Phi) is 6.30. The lowest BCUT2D eigenvalue weighted by Crippen LogP contribution is -2.48. The molecule has 3 aromatic rings. The van der Waals surface area contributed by atoms with Crippen LogP contribution >= 0.6 is 15.9 Å². The number of halogens is 1. The number of fused-ring (bicyclic) bond motifs is 1. The minimum Gasteiger partial charge on any atom is -0.465 e. The quantitative estimate of drug-likeness (QED) is 0.509. The molecule has 8 nitrogen and oxygen atoms in total. The minimum absolute atomic E-state index is 0.461. The zero-order valence-electron chi connectivity index (χ0n) is 18.4. The van der Waals surface area contributed by atoms with Crippen LogP contribution in [-0.4, -0.2) is 63.3 Å². The molecule has 4 heterocycles. The number of piperazine rings is 1. The van der Waals surface area contributed by atoms with Gasteiger partial charge in [-0.1, -0.05) is 19.3 Å². The fraction of sp³-hybridized carbons (Fsp3) is 0.417. The second-order valence-electron chi connectivity index (χ2n) is 8.71. The van der Waals surface area contributed by atoms with Gasteiger partial charge in [0.05, 0.1) is 5.69 Å². The standard InChI is InChI=1S/C24H27BrN6O2/c25-20-15-27-22(28-17-4-2-1-3-5-17)13-19(20)21-12-16-14-26-7-6-18(16)23(29-21)30-8-10-31(11-9-30)24(32)33/h6-7,12-15,17H,1-5,8-11H2,(H,27,28)(H,32,33). The Morgan fingerprint density at radius 3 is 2.64 bits per heavy atom. The van der Waals surface area contributed by atoms with Crippen molar-refractivity contribution in [1.82, 2.24) is 19.9 Å². The number of hydrogen-bond donors (Lipinski definition) is 2. The Labute approximate surface area is 201 Å². The maximum absolute atomic E-state index is 11.3. The van der Waals surface area contributed by atoms with Crippen LogP contribution < -0.4 is 10.2 Å². The summed E-state index contributed by atoms with van der Waals surface area (Å²) in [5, 5.41) is 14.9. The molecule has 1 aliphatic heterocycles. The molecule has 2 fully saturated rings. The van der Waals surface area contributed by atoms with Gasteiger partial charge in [0.2, 0.25) is 0 Å². The molecular formula is C24H27BrN6O2. The summed E-state index contributed by atoms with van der Waals surface area (Å²) in [4.78, 5) is 28.9. The van der Waals surface area contributed by atoms with Crippen molar-refractivity contribution in [1.29, 1.82) is 0 Å². The average molecular weight is 511 g/mol. The molecule has 3 aromatic heterocycles. The molecule has 5 rings (SSSR count). The lowest BCUT2D eigenvalue weighted by atomic mass is 9.95. The van der Waals surface area contributed by atoms with Gasteiger partial charge in [-0.25, -0.2) is 14.8 Å². The highest BCUT2D eigenvalue weighted by molar-refractivity contribution is 9.10. The van der Waals surface area contributed by atoms with Crippen molar-refractivity contribution in [3.8, 4) is 11.3 Å². The molecular weight excluding hydrogens is 484 g/mol. The van der Waals surface area contributed by atoms with Crippen LogP contribution in [0.3, 0.4) is 0 Å². The van der Waals surface area contributed by atoms with E-state index in [1.165, 1.54) is 37.0 Å². The van der Waals surface area contributed by atoms with E-state index >= 15 is 0 Å². The number of nitrogens with zero attached hydrogens (tertiary/aromatic N) is 5. The van der Waals surface area contributed by atoms with Crippen LogP contribution in [0, 0.1) is 0 Å². The molecule has 172 valence electrons. The first-order chi connectivity index (χ1) is 16.1. The first kappa shape index (κ1) is 21.9. The number of carboxylic acid groups (broad SMARTS) is 1. The summed E-state index contributed by atoms with van der Waals surface area (Å²) >= 11 is 3.67. The monoisotopic (exact) mass is 510 g/mol. The second-order valence-corrected chi connectivity index (χ2v) is 9.57. The highest BCUT2D eigenvalue weighted by Crippen LogP contribution is 2.34. The third-order valence-corrected chi connectivity index (χ3v) is 7.18. The van der Waals surface area contributed by atoms with Crippen molar-refractivity contribution in [3.05, 3.63) is 41.3 Å². The molecule has 1 saturated carbocycles. The molecule has 33 heavy (non-hydrogen) atoms. The van der Waals surface area contributed by atoms with Crippen molar-refractivity contribution in [3.63, 3.8) is 0 Å². The third-order valence-electron chi connectivity index (χ3n) is 6.55. The van der Waals surface area contributed by atoms with Gasteiger partial charge in [0.25, 0.3) is 0 Å². The SMILES string of the molecule is O=C(O)N1CCN(c2nc(-c3cc(NC4CCCCC4)ncc3Br)cc3cnccc23)CC1. The number of nitrogens with one attached hydrogen (secondary N) is 1. The molecule has 0 radical (unpaired) electrons. The van der Waals surface area contributed by atoms with Crippen LogP contribution in [0.2, 0.25) is 0 Å². The molecule has 9 heteroatoms. The fourth-order valence-electron chi connectivity index (χ4n) is 4.74. The predicted octanol–water partition coefficient (Wildman–Crippen LogP) is 5.00. The van der Waals surface area contributed by atoms with Crippen molar-refractivity contribution >= 4 is 44.4 Å². The highest BCUT2D eigenvalue weighted by atomic mass is 79.9.